The fourth-order valence-corrected chi connectivity index (χ4v) is 1.69. The minimum atomic E-state index is 0.716. The molecule has 0 aromatic carbocycles. The maximum atomic E-state index is 5.49. The number of unbranched alkanes of at least 4 members (excludes halogenated alkanes) is 1. The summed E-state index contributed by atoms with van der Waals surface area (Å²) in [6.07, 6.45) is 7.08. The first-order chi connectivity index (χ1) is 9.86. The minimum absolute atomic E-state index is 0.716. The molecule has 1 heterocycles. The van der Waals surface area contributed by atoms with E-state index in [0.29, 0.717) is 6.61 Å². The van der Waals surface area contributed by atoms with Crippen LogP contribution in [0.1, 0.15) is 26.2 Å². The minimum Gasteiger partial charge on any atom is -0.380 e. The summed E-state index contributed by atoms with van der Waals surface area (Å²) >= 11 is 0. The Morgan fingerprint density at radius 1 is 1.25 bits per heavy atom. The summed E-state index contributed by atoms with van der Waals surface area (Å²) in [5.41, 5.74) is 0. The van der Waals surface area contributed by atoms with E-state index in [-0.39, 0.29) is 0 Å². The van der Waals surface area contributed by atoms with Gasteiger partial charge < -0.3 is 15.4 Å². The number of rotatable bonds is 10. The smallest absolute Gasteiger partial charge is 0.191 e. The van der Waals surface area contributed by atoms with E-state index in [1.165, 1.54) is 6.42 Å². The first-order valence-electron chi connectivity index (χ1n) is 7.36. The Balaban J connectivity index is 1.99. The van der Waals surface area contributed by atoms with Gasteiger partial charge in [-0.25, -0.2) is 0 Å². The molecule has 0 saturated carbocycles. The third kappa shape index (κ3) is 7.78. The lowest BCUT2D eigenvalue weighted by atomic mass is 10.4. The SMILES string of the molecule is CCCCOCCNC(=NC)NCCCn1cccn1. The predicted octanol–water partition coefficient (Wildman–Crippen LogP) is 1.25. The zero-order valence-electron chi connectivity index (χ0n) is 12.6. The Morgan fingerprint density at radius 2 is 2.10 bits per heavy atom. The topological polar surface area (TPSA) is 63.5 Å². The molecule has 0 spiro atoms. The van der Waals surface area contributed by atoms with E-state index in [1.807, 2.05) is 16.9 Å². The third-order valence-corrected chi connectivity index (χ3v) is 2.82. The van der Waals surface area contributed by atoms with Crippen LogP contribution in [0, 0.1) is 0 Å². The second-order valence-corrected chi connectivity index (χ2v) is 4.51. The van der Waals surface area contributed by atoms with Gasteiger partial charge in [0, 0.05) is 45.7 Å². The molecular formula is C14H27N5O. The number of ether oxygens (including phenoxy) is 1. The first kappa shape index (κ1) is 16.5. The molecule has 1 aromatic heterocycles. The van der Waals surface area contributed by atoms with Gasteiger partial charge >= 0.3 is 0 Å². The molecule has 114 valence electrons. The van der Waals surface area contributed by atoms with Crippen LogP contribution in [-0.2, 0) is 11.3 Å². The molecule has 6 nitrogen and oxygen atoms in total. The van der Waals surface area contributed by atoms with Crippen molar-refractivity contribution in [3.8, 4) is 0 Å². The molecule has 0 aliphatic carbocycles. The molecule has 1 rings (SSSR count). The van der Waals surface area contributed by atoms with Crippen LogP contribution in [0.4, 0.5) is 0 Å². The normalized spacial score (nSPS) is 11.6. The average molecular weight is 281 g/mol. The van der Waals surface area contributed by atoms with Crippen LogP contribution in [0.15, 0.2) is 23.5 Å². The average Bonchev–Trinajstić information content (AvgIpc) is 2.98. The van der Waals surface area contributed by atoms with Crippen LogP contribution in [0.25, 0.3) is 0 Å². The Labute approximate surface area is 121 Å². The van der Waals surface area contributed by atoms with Crippen molar-refractivity contribution >= 4 is 5.96 Å². The Hall–Kier alpha value is -1.56. The number of nitrogens with one attached hydrogen (secondary N) is 2. The van der Waals surface area contributed by atoms with Crippen molar-refractivity contribution < 1.29 is 4.74 Å². The van der Waals surface area contributed by atoms with E-state index in [1.54, 1.807) is 13.2 Å². The number of hydrogen-bond donors (Lipinski definition) is 2. The Kier molecular flexibility index (Phi) is 9.30. The lowest BCUT2D eigenvalue weighted by Gasteiger charge is -2.12. The number of aliphatic imine (C=N–C) groups is 1. The highest BCUT2D eigenvalue weighted by Crippen LogP contribution is 1.88. The van der Waals surface area contributed by atoms with E-state index in [4.69, 9.17) is 4.74 Å². The van der Waals surface area contributed by atoms with Crippen molar-refractivity contribution in [1.29, 1.82) is 0 Å². The zero-order chi connectivity index (χ0) is 14.5. The first-order valence-corrected chi connectivity index (χ1v) is 7.36. The Bertz CT molecular complexity index is 350. The lowest BCUT2D eigenvalue weighted by molar-refractivity contribution is 0.136. The third-order valence-electron chi connectivity index (χ3n) is 2.82. The monoisotopic (exact) mass is 281 g/mol. The van der Waals surface area contributed by atoms with Crippen LogP contribution < -0.4 is 10.6 Å². The highest BCUT2D eigenvalue weighted by atomic mass is 16.5. The molecule has 0 aliphatic rings. The number of aromatic nitrogens is 2. The summed E-state index contributed by atoms with van der Waals surface area (Å²) in [7, 11) is 1.78. The van der Waals surface area contributed by atoms with Crippen LogP contribution in [0.3, 0.4) is 0 Å². The van der Waals surface area contributed by atoms with Gasteiger partial charge in [-0.2, -0.15) is 5.10 Å². The molecular weight excluding hydrogens is 254 g/mol. The molecule has 0 atom stereocenters. The van der Waals surface area contributed by atoms with E-state index >= 15 is 0 Å². The molecule has 0 aliphatic heterocycles. The van der Waals surface area contributed by atoms with Crippen LogP contribution in [0.5, 0.6) is 0 Å². The van der Waals surface area contributed by atoms with Gasteiger partial charge in [0.05, 0.1) is 6.61 Å². The predicted molar refractivity (Wildman–Crippen MR) is 81.9 cm³/mol. The molecule has 0 saturated heterocycles. The highest BCUT2D eigenvalue weighted by Gasteiger charge is 1.97. The molecule has 0 fully saturated rings. The van der Waals surface area contributed by atoms with Gasteiger partial charge in [-0.05, 0) is 18.9 Å². The molecule has 1 aromatic rings. The van der Waals surface area contributed by atoms with Gasteiger partial charge in [0.25, 0.3) is 0 Å². The van der Waals surface area contributed by atoms with Crippen molar-refractivity contribution in [3.05, 3.63) is 18.5 Å². The summed E-state index contributed by atoms with van der Waals surface area (Å²) in [4.78, 5) is 4.17. The van der Waals surface area contributed by atoms with Crippen molar-refractivity contribution in [2.75, 3.05) is 33.4 Å². The zero-order valence-corrected chi connectivity index (χ0v) is 12.6. The van der Waals surface area contributed by atoms with Crippen molar-refractivity contribution in [2.45, 2.75) is 32.7 Å². The molecule has 0 radical (unpaired) electrons. The molecule has 0 bridgehead atoms. The Morgan fingerprint density at radius 3 is 2.80 bits per heavy atom. The van der Waals surface area contributed by atoms with E-state index < -0.39 is 0 Å². The van der Waals surface area contributed by atoms with Gasteiger partial charge in [0.2, 0.25) is 0 Å². The van der Waals surface area contributed by atoms with Crippen LogP contribution in [0.2, 0.25) is 0 Å². The van der Waals surface area contributed by atoms with Crippen molar-refractivity contribution in [1.82, 2.24) is 20.4 Å². The van der Waals surface area contributed by atoms with Crippen molar-refractivity contribution in [3.63, 3.8) is 0 Å². The summed E-state index contributed by atoms with van der Waals surface area (Å²) < 4.78 is 7.42. The number of hydrogen-bond acceptors (Lipinski definition) is 3. The number of aryl methyl sites for hydroxylation is 1. The second kappa shape index (κ2) is 11.3. The quantitative estimate of drug-likeness (QED) is 0.385. The molecule has 6 heteroatoms. The van der Waals surface area contributed by atoms with Gasteiger partial charge in [0.1, 0.15) is 0 Å². The van der Waals surface area contributed by atoms with Gasteiger partial charge in [-0.15, -0.1) is 0 Å². The van der Waals surface area contributed by atoms with Gasteiger partial charge in [0.15, 0.2) is 5.96 Å². The maximum absolute atomic E-state index is 5.49. The van der Waals surface area contributed by atoms with E-state index in [0.717, 1.165) is 45.0 Å². The fraction of sp³-hybridized carbons (Fsp3) is 0.714. The summed E-state index contributed by atoms with van der Waals surface area (Å²) in [6, 6.07) is 1.94. The number of nitrogens with zero attached hydrogens (tertiary/aromatic N) is 3. The molecule has 0 unspecified atom stereocenters. The summed E-state index contributed by atoms with van der Waals surface area (Å²) in [5, 5.41) is 10.7. The second-order valence-electron chi connectivity index (χ2n) is 4.51. The van der Waals surface area contributed by atoms with Crippen molar-refractivity contribution in [2.24, 2.45) is 4.99 Å². The lowest BCUT2D eigenvalue weighted by Crippen LogP contribution is -2.39. The standard InChI is InChI=1S/C14H27N5O/c1-3-4-12-20-13-9-17-14(15-2)16-7-5-10-19-11-6-8-18-19/h6,8,11H,3-5,7,9-10,12-13H2,1-2H3,(H2,15,16,17). The number of guanidine groups is 1. The largest absolute Gasteiger partial charge is 0.380 e. The van der Waals surface area contributed by atoms with Gasteiger partial charge in [-0.3, -0.25) is 9.67 Å². The van der Waals surface area contributed by atoms with E-state index in [2.05, 4.69) is 27.6 Å². The summed E-state index contributed by atoms with van der Waals surface area (Å²) in [6.45, 7) is 6.29. The highest BCUT2D eigenvalue weighted by molar-refractivity contribution is 5.79. The summed E-state index contributed by atoms with van der Waals surface area (Å²) in [5.74, 6) is 0.824. The van der Waals surface area contributed by atoms with Gasteiger partial charge in [-0.1, -0.05) is 13.3 Å². The maximum Gasteiger partial charge on any atom is 0.191 e. The van der Waals surface area contributed by atoms with Crippen LogP contribution in [-0.4, -0.2) is 49.1 Å². The molecule has 20 heavy (non-hydrogen) atoms. The molecule has 0 amide bonds. The fourth-order valence-electron chi connectivity index (χ4n) is 1.69. The molecule has 2 N–H and O–H groups in total. The van der Waals surface area contributed by atoms with Crippen LogP contribution >= 0.6 is 0 Å². The van der Waals surface area contributed by atoms with E-state index in [9.17, 15) is 0 Å².